The zero-order valence-corrected chi connectivity index (χ0v) is 13.9. The Labute approximate surface area is 130 Å². The third-order valence-electron chi connectivity index (χ3n) is 3.70. The highest BCUT2D eigenvalue weighted by atomic mass is 19.4. The Kier molecular flexibility index (Phi) is 6.04. The van der Waals surface area contributed by atoms with Crippen LogP contribution in [-0.2, 0) is 16.3 Å². The highest BCUT2D eigenvalue weighted by molar-refractivity contribution is 5.36. The van der Waals surface area contributed by atoms with E-state index in [9.17, 15) is 13.2 Å². The number of benzene rings is 1. The van der Waals surface area contributed by atoms with Gasteiger partial charge in [-0.1, -0.05) is 33.8 Å². The summed E-state index contributed by atoms with van der Waals surface area (Å²) >= 11 is 0. The van der Waals surface area contributed by atoms with Crippen LogP contribution < -0.4 is 5.73 Å². The summed E-state index contributed by atoms with van der Waals surface area (Å²) in [7, 11) is 0. The average Bonchev–Trinajstić information content (AvgIpc) is 2.41. The molecule has 2 nitrogen and oxygen atoms in total. The summed E-state index contributed by atoms with van der Waals surface area (Å²) in [5, 5.41) is 0. The van der Waals surface area contributed by atoms with Crippen LogP contribution in [0.1, 0.15) is 63.8 Å². The van der Waals surface area contributed by atoms with Crippen molar-refractivity contribution in [2.75, 3.05) is 6.61 Å². The fourth-order valence-corrected chi connectivity index (χ4v) is 1.97. The summed E-state index contributed by atoms with van der Waals surface area (Å²) in [6.07, 6.45) is -4.03. The minimum absolute atomic E-state index is 0.102. The molecule has 0 spiro atoms. The Balaban J connectivity index is 3.13. The molecule has 0 aromatic heterocycles. The quantitative estimate of drug-likeness (QED) is 0.845. The van der Waals surface area contributed by atoms with Gasteiger partial charge in [-0.3, -0.25) is 0 Å². The summed E-state index contributed by atoms with van der Waals surface area (Å²) in [5.74, 6) is 0. The third kappa shape index (κ3) is 5.29. The van der Waals surface area contributed by atoms with Gasteiger partial charge in [-0.2, -0.15) is 13.2 Å². The van der Waals surface area contributed by atoms with Crippen molar-refractivity contribution in [1.82, 2.24) is 0 Å². The van der Waals surface area contributed by atoms with E-state index in [0.29, 0.717) is 17.7 Å². The first-order chi connectivity index (χ1) is 9.95. The average molecular weight is 317 g/mol. The van der Waals surface area contributed by atoms with Crippen LogP contribution in [0.15, 0.2) is 18.2 Å². The van der Waals surface area contributed by atoms with Gasteiger partial charge >= 0.3 is 6.18 Å². The fraction of sp³-hybridized carbons (Fsp3) is 0.647. The second-order valence-electron chi connectivity index (χ2n) is 6.74. The molecule has 2 unspecified atom stereocenters. The standard InChI is InChI=1S/C17H26F3NO/c1-6-15(21)10-22-11(2)12-7-13(16(3,4)5)9-14(8-12)17(18,19)20/h7-9,11,15H,6,10,21H2,1-5H3. The Bertz CT molecular complexity index is 459. The molecule has 0 saturated heterocycles. The second-order valence-corrected chi connectivity index (χ2v) is 6.74. The summed E-state index contributed by atoms with van der Waals surface area (Å²) < 4.78 is 44.9. The smallest absolute Gasteiger partial charge is 0.372 e. The minimum Gasteiger partial charge on any atom is -0.372 e. The number of nitrogens with two attached hydrogens (primary N) is 1. The molecule has 0 saturated carbocycles. The van der Waals surface area contributed by atoms with E-state index in [1.807, 2.05) is 27.7 Å². The molecular weight excluding hydrogens is 291 g/mol. The van der Waals surface area contributed by atoms with Crippen LogP contribution in [0.2, 0.25) is 0 Å². The van der Waals surface area contributed by atoms with E-state index in [1.165, 1.54) is 6.07 Å². The topological polar surface area (TPSA) is 35.2 Å². The summed E-state index contributed by atoms with van der Waals surface area (Å²) in [6.45, 7) is 9.71. The number of halogens is 3. The lowest BCUT2D eigenvalue weighted by Crippen LogP contribution is -2.26. The van der Waals surface area contributed by atoms with E-state index in [-0.39, 0.29) is 11.5 Å². The zero-order chi connectivity index (χ0) is 17.1. The summed E-state index contributed by atoms with van der Waals surface area (Å²) in [4.78, 5) is 0. The SMILES string of the molecule is CCC(N)COC(C)c1cc(C(C)(C)C)cc(C(F)(F)F)c1. The van der Waals surface area contributed by atoms with Crippen LogP contribution in [0.3, 0.4) is 0 Å². The highest BCUT2D eigenvalue weighted by Gasteiger charge is 2.32. The number of hydrogen-bond donors (Lipinski definition) is 1. The third-order valence-corrected chi connectivity index (χ3v) is 3.70. The van der Waals surface area contributed by atoms with Crippen molar-refractivity contribution in [2.45, 2.75) is 64.8 Å². The Morgan fingerprint density at radius 3 is 2.09 bits per heavy atom. The first-order valence-electron chi connectivity index (χ1n) is 7.55. The van der Waals surface area contributed by atoms with Gasteiger partial charge in [0.1, 0.15) is 0 Å². The first-order valence-corrected chi connectivity index (χ1v) is 7.55. The molecule has 22 heavy (non-hydrogen) atoms. The van der Waals surface area contributed by atoms with Gasteiger partial charge in [0, 0.05) is 6.04 Å². The van der Waals surface area contributed by atoms with Crippen LogP contribution in [0.4, 0.5) is 13.2 Å². The number of ether oxygens (including phenoxy) is 1. The van der Waals surface area contributed by atoms with Gasteiger partial charge in [0.2, 0.25) is 0 Å². The molecule has 0 amide bonds. The molecule has 0 bridgehead atoms. The lowest BCUT2D eigenvalue weighted by Gasteiger charge is -2.24. The predicted octanol–water partition coefficient (Wildman–Crippen LogP) is 4.82. The molecule has 0 fully saturated rings. The molecule has 5 heteroatoms. The van der Waals surface area contributed by atoms with Crippen molar-refractivity contribution in [2.24, 2.45) is 5.73 Å². The molecule has 0 aliphatic rings. The lowest BCUT2D eigenvalue weighted by atomic mass is 9.84. The van der Waals surface area contributed by atoms with Crippen LogP contribution in [-0.4, -0.2) is 12.6 Å². The summed E-state index contributed by atoms with van der Waals surface area (Å²) in [5.41, 5.74) is 5.97. The number of rotatable bonds is 5. The number of alkyl halides is 3. The van der Waals surface area contributed by atoms with Gasteiger partial charge in [0.05, 0.1) is 18.3 Å². The minimum atomic E-state index is -4.37. The highest BCUT2D eigenvalue weighted by Crippen LogP contribution is 2.35. The van der Waals surface area contributed by atoms with E-state index < -0.39 is 17.8 Å². The largest absolute Gasteiger partial charge is 0.416 e. The van der Waals surface area contributed by atoms with Crippen LogP contribution in [0.5, 0.6) is 0 Å². The molecule has 2 atom stereocenters. The number of hydrogen-bond acceptors (Lipinski definition) is 2. The van der Waals surface area contributed by atoms with Crippen molar-refractivity contribution in [3.8, 4) is 0 Å². The lowest BCUT2D eigenvalue weighted by molar-refractivity contribution is -0.137. The van der Waals surface area contributed by atoms with Crippen molar-refractivity contribution in [3.63, 3.8) is 0 Å². The molecule has 0 aliphatic heterocycles. The van der Waals surface area contributed by atoms with Crippen molar-refractivity contribution < 1.29 is 17.9 Å². The molecule has 2 N–H and O–H groups in total. The van der Waals surface area contributed by atoms with E-state index in [0.717, 1.165) is 12.5 Å². The van der Waals surface area contributed by atoms with Gasteiger partial charge in [0.25, 0.3) is 0 Å². The molecular formula is C17H26F3NO. The first kappa shape index (κ1) is 19.0. The normalized spacial score (nSPS) is 15.7. The monoisotopic (exact) mass is 317 g/mol. The predicted molar refractivity (Wildman–Crippen MR) is 82.8 cm³/mol. The maximum Gasteiger partial charge on any atom is 0.416 e. The van der Waals surface area contributed by atoms with Crippen molar-refractivity contribution in [3.05, 3.63) is 34.9 Å². The Morgan fingerprint density at radius 2 is 1.64 bits per heavy atom. The second kappa shape index (κ2) is 7.01. The van der Waals surface area contributed by atoms with E-state index in [2.05, 4.69) is 0 Å². The molecule has 1 rings (SSSR count). The van der Waals surface area contributed by atoms with Gasteiger partial charge in [-0.25, -0.2) is 0 Å². The van der Waals surface area contributed by atoms with Gasteiger partial charge in [-0.15, -0.1) is 0 Å². The van der Waals surface area contributed by atoms with Crippen LogP contribution in [0.25, 0.3) is 0 Å². The Hall–Kier alpha value is -1.07. The van der Waals surface area contributed by atoms with E-state index in [1.54, 1.807) is 13.0 Å². The van der Waals surface area contributed by atoms with Crippen LogP contribution in [0, 0.1) is 0 Å². The fourth-order valence-electron chi connectivity index (χ4n) is 1.97. The van der Waals surface area contributed by atoms with Gasteiger partial charge in [0.15, 0.2) is 0 Å². The molecule has 0 aliphatic carbocycles. The summed E-state index contributed by atoms with van der Waals surface area (Å²) in [6, 6.07) is 4.07. The van der Waals surface area contributed by atoms with Gasteiger partial charge in [-0.05, 0) is 42.0 Å². The van der Waals surface area contributed by atoms with Crippen molar-refractivity contribution >= 4 is 0 Å². The molecule has 126 valence electrons. The Morgan fingerprint density at radius 1 is 1.09 bits per heavy atom. The van der Waals surface area contributed by atoms with Crippen molar-refractivity contribution in [1.29, 1.82) is 0 Å². The maximum absolute atomic E-state index is 13.1. The maximum atomic E-state index is 13.1. The van der Waals surface area contributed by atoms with E-state index >= 15 is 0 Å². The molecule has 0 radical (unpaired) electrons. The van der Waals surface area contributed by atoms with Gasteiger partial charge < -0.3 is 10.5 Å². The zero-order valence-electron chi connectivity index (χ0n) is 13.9. The molecule has 1 aromatic rings. The molecule has 1 aromatic carbocycles. The molecule has 0 heterocycles. The van der Waals surface area contributed by atoms with Crippen LogP contribution >= 0.6 is 0 Å². The van der Waals surface area contributed by atoms with E-state index in [4.69, 9.17) is 10.5 Å².